The number of unbranched alkanes of at least 4 members (excludes halogenated alkanes) is 1. The molecule has 0 aromatic heterocycles. The second kappa shape index (κ2) is 4.45. The van der Waals surface area contributed by atoms with Crippen molar-refractivity contribution < 1.29 is 0 Å². The topological polar surface area (TPSA) is 26.0 Å². The third-order valence-corrected chi connectivity index (χ3v) is 3.27. The molecule has 1 fully saturated rings. The first-order chi connectivity index (χ1) is 6.03. The molecule has 0 bridgehead atoms. The molecular formula is C12H25N. The third kappa shape index (κ3) is 3.68. The molecule has 1 saturated carbocycles. The lowest BCUT2D eigenvalue weighted by atomic mass is 9.71. The average Bonchev–Trinajstić information content (AvgIpc) is 1.97. The molecule has 3 unspecified atom stereocenters. The maximum Gasteiger partial charge on any atom is 0.0131 e. The highest BCUT2D eigenvalue weighted by Gasteiger charge is 2.31. The quantitative estimate of drug-likeness (QED) is 0.713. The fraction of sp³-hybridized carbons (Fsp3) is 1.00. The molecule has 1 aliphatic rings. The predicted octanol–water partition coefficient (Wildman–Crippen LogP) is 3.33. The molecule has 1 nitrogen and oxygen atoms in total. The Hall–Kier alpha value is -0.0400. The Kier molecular flexibility index (Phi) is 3.78. The van der Waals surface area contributed by atoms with Crippen LogP contribution in [0.1, 0.15) is 59.3 Å². The SMILES string of the molecule is CCCCC1CC(C)CC(C)(N)C1. The van der Waals surface area contributed by atoms with E-state index in [4.69, 9.17) is 5.73 Å². The number of hydrogen-bond acceptors (Lipinski definition) is 1. The van der Waals surface area contributed by atoms with Crippen LogP contribution in [0.25, 0.3) is 0 Å². The Balaban J connectivity index is 2.38. The van der Waals surface area contributed by atoms with Gasteiger partial charge in [0.2, 0.25) is 0 Å². The molecule has 0 radical (unpaired) electrons. The highest BCUT2D eigenvalue weighted by atomic mass is 14.7. The number of rotatable bonds is 3. The van der Waals surface area contributed by atoms with Crippen molar-refractivity contribution in [2.45, 2.75) is 64.8 Å². The van der Waals surface area contributed by atoms with Gasteiger partial charge < -0.3 is 5.73 Å². The smallest absolute Gasteiger partial charge is 0.0131 e. The van der Waals surface area contributed by atoms with Crippen molar-refractivity contribution in [1.82, 2.24) is 0 Å². The van der Waals surface area contributed by atoms with Crippen LogP contribution in [-0.2, 0) is 0 Å². The summed E-state index contributed by atoms with van der Waals surface area (Å²) in [5.74, 6) is 1.74. The molecule has 0 spiro atoms. The summed E-state index contributed by atoms with van der Waals surface area (Å²) in [4.78, 5) is 0. The van der Waals surface area contributed by atoms with Crippen LogP contribution in [-0.4, -0.2) is 5.54 Å². The zero-order valence-electron chi connectivity index (χ0n) is 9.47. The van der Waals surface area contributed by atoms with Crippen LogP contribution in [0.3, 0.4) is 0 Å². The van der Waals surface area contributed by atoms with Gasteiger partial charge in [-0.15, -0.1) is 0 Å². The van der Waals surface area contributed by atoms with Crippen LogP contribution >= 0.6 is 0 Å². The molecule has 0 aromatic carbocycles. The molecule has 1 rings (SSSR count). The van der Waals surface area contributed by atoms with Gasteiger partial charge in [0.15, 0.2) is 0 Å². The molecule has 0 aromatic rings. The first-order valence-electron chi connectivity index (χ1n) is 5.82. The van der Waals surface area contributed by atoms with Crippen molar-refractivity contribution in [1.29, 1.82) is 0 Å². The van der Waals surface area contributed by atoms with Gasteiger partial charge >= 0.3 is 0 Å². The first kappa shape index (κ1) is 11.0. The molecular weight excluding hydrogens is 158 g/mol. The number of hydrogen-bond donors (Lipinski definition) is 1. The summed E-state index contributed by atoms with van der Waals surface area (Å²) in [5, 5.41) is 0. The third-order valence-electron chi connectivity index (χ3n) is 3.27. The van der Waals surface area contributed by atoms with Gasteiger partial charge in [-0.05, 0) is 38.0 Å². The molecule has 1 heteroatoms. The monoisotopic (exact) mass is 183 g/mol. The van der Waals surface area contributed by atoms with Crippen molar-refractivity contribution in [2.24, 2.45) is 17.6 Å². The molecule has 1 aliphatic carbocycles. The van der Waals surface area contributed by atoms with Gasteiger partial charge in [-0.25, -0.2) is 0 Å². The highest BCUT2D eigenvalue weighted by Crippen LogP contribution is 2.36. The Morgan fingerprint density at radius 1 is 1.38 bits per heavy atom. The summed E-state index contributed by atoms with van der Waals surface area (Å²) in [6.45, 7) is 6.85. The fourth-order valence-corrected chi connectivity index (χ4v) is 2.99. The number of nitrogens with two attached hydrogens (primary N) is 1. The maximum atomic E-state index is 6.23. The average molecular weight is 183 g/mol. The van der Waals surface area contributed by atoms with Crippen molar-refractivity contribution in [2.75, 3.05) is 0 Å². The predicted molar refractivity (Wildman–Crippen MR) is 58.6 cm³/mol. The van der Waals surface area contributed by atoms with Gasteiger partial charge in [0.1, 0.15) is 0 Å². The summed E-state index contributed by atoms with van der Waals surface area (Å²) in [6.07, 6.45) is 7.98. The lowest BCUT2D eigenvalue weighted by molar-refractivity contribution is 0.177. The van der Waals surface area contributed by atoms with E-state index >= 15 is 0 Å². The van der Waals surface area contributed by atoms with Gasteiger partial charge in [0, 0.05) is 5.54 Å². The van der Waals surface area contributed by atoms with Gasteiger partial charge in [-0.1, -0.05) is 33.1 Å². The standard InChI is InChI=1S/C12H25N/c1-4-5-6-11-7-10(2)8-12(3,13)9-11/h10-11H,4-9,13H2,1-3H3. The highest BCUT2D eigenvalue weighted by molar-refractivity contribution is 4.89. The maximum absolute atomic E-state index is 6.23. The van der Waals surface area contributed by atoms with Crippen molar-refractivity contribution >= 4 is 0 Å². The lowest BCUT2D eigenvalue weighted by Gasteiger charge is -2.38. The lowest BCUT2D eigenvalue weighted by Crippen LogP contribution is -2.43. The Morgan fingerprint density at radius 3 is 2.62 bits per heavy atom. The van der Waals surface area contributed by atoms with E-state index in [-0.39, 0.29) is 5.54 Å². The van der Waals surface area contributed by atoms with Gasteiger partial charge in [-0.3, -0.25) is 0 Å². The molecule has 3 atom stereocenters. The van der Waals surface area contributed by atoms with Crippen LogP contribution < -0.4 is 5.73 Å². The van der Waals surface area contributed by atoms with E-state index < -0.39 is 0 Å². The minimum atomic E-state index is 0.121. The van der Waals surface area contributed by atoms with Gasteiger partial charge in [-0.2, -0.15) is 0 Å². The molecule has 0 aliphatic heterocycles. The first-order valence-corrected chi connectivity index (χ1v) is 5.82. The second-order valence-electron chi connectivity index (χ2n) is 5.41. The van der Waals surface area contributed by atoms with Crippen LogP contribution in [0.15, 0.2) is 0 Å². The van der Waals surface area contributed by atoms with E-state index in [1.54, 1.807) is 0 Å². The summed E-state index contributed by atoms with van der Waals surface area (Å²) in [7, 11) is 0. The van der Waals surface area contributed by atoms with E-state index in [0.29, 0.717) is 0 Å². The van der Waals surface area contributed by atoms with E-state index in [1.165, 1.54) is 38.5 Å². The van der Waals surface area contributed by atoms with Crippen LogP contribution in [0.2, 0.25) is 0 Å². The largest absolute Gasteiger partial charge is 0.325 e. The molecule has 0 heterocycles. The molecule has 0 saturated heterocycles. The molecule has 78 valence electrons. The molecule has 0 amide bonds. The normalized spacial score (nSPS) is 40.6. The minimum absolute atomic E-state index is 0.121. The summed E-state index contributed by atoms with van der Waals surface area (Å²) >= 11 is 0. The zero-order valence-corrected chi connectivity index (χ0v) is 9.47. The summed E-state index contributed by atoms with van der Waals surface area (Å²) < 4.78 is 0. The Bertz CT molecular complexity index is 151. The second-order valence-corrected chi connectivity index (χ2v) is 5.41. The molecule has 13 heavy (non-hydrogen) atoms. The Morgan fingerprint density at radius 2 is 2.08 bits per heavy atom. The summed E-state index contributed by atoms with van der Waals surface area (Å²) in [6, 6.07) is 0. The Labute approximate surface area is 83.1 Å². The van der Waals surface area contributed by atoms with Crippen LogP contribution in [0.4, 0.5) is 0 Å². The van der Waals surface area contributed by atoms with Crippen molar-refractivity contribution in [3.8, 4) is 0 Å². The molecule has 2 N–H and O–H groups in total. The van der Waals surface area contributed by atoms with Crippen LogP contribution in [0, 0.1) is 11.8 Å². The minimum Gasteiger partial charge on any atom is -0.325 e. The van der Waals surface area contributed by atoms with Crippen molar-refractivity contribution in [3.63, 3.8) is 0 Å². The van der Waals surface area contributed by atoms with E-state index in [9.17, 15) is 0 Å². The zero-order chi connectivity index (χ0) is 9.90. The summed E-state index contributed by atoms with van der Waals surface area (Å²) in [5.41, 5.74) is 6.35. The van der Waals surface area contributed by atoms with Crippen LogP contribution in [0.5, 0.6) is 0 Å². The fourth-order valence-electron chi connectivity index (χ4n) is 2.99. The van der Waals surface area contributed by atoms with Gasteiger partial charge in [0.05, 0.1) is 0 Å². The van der Waals surface area contributed by atoms with E-state index in [1.807, 2.05) is 0 Å². The van der Waals surface area contributed by atoms with Gasteiger partial charge in [0.25, 0.3) is 0 Å². The van der Waals surface area contributed by atoms with E-state index in [0.717, 1.165) is 11.8 Å². The van der Waals surface area contributed by atoms with Crippen molar-refractivity contribution in [3.05, 3.63) is 0 Å². The van der Waals surface area contributed by atoms with E-state index in [2.05, 4.69) is 20.8 Å².